The van der Waals surface area contributed by atoms with Crippen LogP contribution < -0.4 is 0 Å². The van der Waals surface area contributed by atoms with E-state index in [4.69, 9.17) is 14.2 Å². The fraction of sp³-hybridized carbons (Fsp3) is 0.960. The smallest absolute Gasteiger partial charge is 0.309 e. The van der Waals surface area contributed by atoms with Gasteiger partial charge in [0.1, 0.15) is 0 Å². The van der Waals surface area contributed by atoms with Crippen LogP contribution in [0.25, 0.3) is 0 Å². The third-order valence-corrected chi connectivity index (χ3v) is 12.7. The number of esters is 2. The largest absolute Gasteiger partial charge is 0.465 e. The molecule has 0 radical (unpaired) electrons. The van der Waals surface area contributed by atoms with Crippen molar-refractivity contribution in [3.05, 3.63) is 0 Å². The minimum atomic E-state index is -0.415. The summed E-state index contributed by atoms with van der Waals surface area (Å²) in [6, 6.07) is 0. The molecule has 1 heterocycles. The van der Waals surface area contributed by atoms with Crippen molar-refractivity contribution in [2.45, 2.75) is 283 Å². The Morgan fingerprint density at radius 1 is 0.345 bits per heavy atom. The molecule has 4 unspecified atom stereocenters. The molecule has 1 aliphatic carbocycles. The topological polar surface area (TPSA) is 65.1 Å². The summed E-state index contributed by atoms with van der Waals surface area (Å²) in [4.78, 5) is 26.1. The van der Waals surface area contributed by atoms with E-state index in [1.807, 2.05) is 0 Å². The molecule has 0 aromatic heterocycles. The summed E-state index contributed by atoms with van der Waals surface area (Å²) in [7, 11) is 0. The van der Waals surface area contributed by atoms with E-state index >= 15 is 0 Å². The first-order valence-electron chi connectivity index (χ1n) is 25.2. The summed E-state index contributed by atoms with van der Waals surface area (Å²) in [6.45, 7) is 5.51. The fourth-order valence-electron chi connectivity index (χ4n) is 8.86. The second kappa shape index (κ2) is 37.2. The summed E-state index contributed by atoms with van der Waals surface area (Å²) < 4.78 is 17.1. The molecule has 5 nitrogen and oxygen atoms in total. The van der Waals surface area contributed by atoms with E-state index in [9.17, 15) is 9.59 Å². The molecule has 2 aliphatic rings. The Bertz CT molecular complexity index is 791. The first-order valence-corrected chi connectivity index (χ1v) is 25.2. The molecule has 1 saturated carbocycles. The zero-order valence-electron chi connectivity index (χ0n) is 37.0. The van der Waals surface area contributed by atoms with Crippen LogP contribution in [-0.4, -0.2) is 37.4 Å². The van der Waals surface area contributed by atoms with Gasteiger partial charge in [0.2, 0.25) is 0 Å². The van der Waals surface area contributed by atoms with Gasteiger partial charge in [-0.1, -0.05) is 245 Å². The second-order valence-electron chi connectivity index (χ2n) is 18.0. The minimum absolute atomic E-state index is 0.122. The number of unbranched alkanes of at least 4 members (excludes halogenated alkanes) is 36. The number of fused-ring (bicyclic) bond motifs is 1. The number of epoxide rings is 1. The zero-order valence-corrected chi connectivity index (χ0v) is 37.0. The van der Waals surface area contributed by atoms with Crippen molar-refractivity contribution in [2.75, 3.05) is 13.2 Å². The number of ether oxygens (including phenoxy) is 3. The Balaban J connectivity index is 1.35. The van der Waals surface area contributed by atoms with Crippen LogP contribution >= 0.6 is 0 Å². The van der Waals surface area contributed by atoms with Crippen molar-refractivity contribution in [3.63, 3.8) is 0 Å². The Labute approximate surface area is 342 Å². The molecule has 0 spiro atoms. The summed E-state index contributed by atoms with van der Waals surface area (Å²) in [6.07, 6.45) is 52.7. The average Bonchev–Trinajstić information content (AvgIpc) is 3.97. The van der Waals surface area contributed by atoms with Gasteiger partial charge in [-0.3, -0.25) is 9.59 Å². The molecule has 0 amide bonds. The molecule has 55 heavy (non-hydrogen) atoms. The Morgan fingerprint density at radius 2 is 0.545 bits per heavy atom. The van der Waals surface area contributed by atoms with Gasteiger partial charge in [0.05, 0.1) is 37.3 Å². The lowest BCUT2D eigenvalue weighted by molar-refractivity contribution is -0.162. The third-order valence-electron chi connectivity index (χ3n) is 12.7. The molecule has 5 heteroatoms. The van der Waals surface area contributed by atoms with Crippen molar-refractivity contribution in [1.82, 2.24) is 0 Å². The molecule has 0 aromatic rings. The van der Waals surface area contributed by atoms with Gasteiger partial charge in [-0.15, -0.1) is 0 Å². The van der Waals surface area contributed by atoms with Gasteiger partial charge >= 0.3 is 11.9 Å². The van der Waals surface area contributed by atoms with Crippen LogP contribution in [0.1, 0.15) is 271 Å². The van der Waals surface area contributed by atoms with E-state index in [2.05, 4.69) is 13.8 Å². The standard InChI is InChI=1S/C50H94O5/c1-3-5-7-9-11-13-15-17-19-21-23-25-27-29-31-33-35-37-39-41-53-49(51)45-43-47-48(55-47)44-46(45)50(52)54-42-40-38-36-34-32-30-28-26-24-22-20-18-16-14-12-10-8-6-4-2/h45-48H,3-44H2,1-2H3. The molecule has 1 saturated heterocycles. The van der Waals surface area contributed by atoms with Crippen LogP contribution in [0.4, 0.5) is 0 Å². The second-order valence-corrected chi connectivity index (χ2v) is 18.0. The maximum atomic E-state index is 13.0. The lowest BCUT2D eigenvalue weighted by Gasteiger charge is -2.26. The highest BCUT2D eigenvalue weighted by molar-refractivity contribution is 5.82. The number of hydrogen-bond acceptors (Lipinski definition) is 5. The first-order chi connectivity index (χ1) is 27.2. The maximum absolute atomic E-state index is 13.0. The van der Waals surface area contributed by atoms with Crippen LogP contribution in [0.2, 0.25) is 0 Å². The Hall–Kier alpha value is -1.10. The van der Waals surface area contributed by atoms with Gasteiger partial charge in [0.15, 0.2) is 0 Å². The van der Waals surface area contributed by atoms with E-state index in [0.717, 1.165) is 25.7 Å². The van der Waals surface area contributed by atoms with Crippen LogP contribution in [0, 0.1) is 11.8 Å². The lowest BCUT2D eigenvalue weighted by atomic mass is 9.79. The average molecular weight is 775 g/mol. The van der Waals surface area contributed by atoms with Gasteiger partial charge in [-0.05, 0) is 25.7 Å². The van der Waals surface area contributed by atoms with E-state index in [1.54, 1.807) is 0 Å². The molecule has 2 fully saturated rings. The molecule has 324 valence electrons. The molecular formula is C50H94O5. The molecule has 0 aromatic carbocycles. The predicted octanol–water partition coefficient (Wildman–Crippen LogP) is 15.7. The number of rotatable bonds is 42. The summed E-state index contributed by atoms with van der Waals surface area (Å²) in [5.41, 5.74) is 0. The Kier molecular flexibility index (Phi) is 33.8. The molecule has 0 N–H and O–H groups in total. The quantitative estimate of drug-likeness (QED) is 0.0351. The molecular weight excluding hydrogens is 681 g/mol. The Morgan fingerprint density at radius 3 is 0.764 bits per heavy atom. The van der Waals surface area contributed by atoms with E-state index < -0.39 is 11.8 Å². The van der Waals surface area contributed by atoms with Crippen LogP contribution in [0.3, 0.4) is 0 Å². The lowest BCUT2D eigenvalue weighted by Crippen LogP contribution is -2.37. The maximum Gasteiger partial charge on any atom is 0.309 e. The highest BCUT2D eigenvalue weighted by Gasteiger charge is 2.53. The highest BCUT2D eigenvalue weighted by atomic mass is 16.6. The zero-order chi connectivity index (χ0) is 39.3. The van der Waals surface area contributed by atoms with Crippen LogP contribution in [0.5, 0.6) is 0 Å². The van der Waals surface area contributed by atoms with Crippen LogP contribution in [0.15, 0.2) is 0 Å². The monoisotopic (exact) mass is 775 g/mol. The predicted molar refractivity (Wildman–Crippen MR) is 234 cm³/mol. The van der Waals surface area contributed by atoms with Crippen molar-refractivity contribution >= 4 is 11.9 Å². The van der Waals surface area contributed by atoms with Gasteiger partial charge < -0.3 is 14.2 Å². The summed E-state index contributed by atoms with van der Waals surface area (Å²) in [5, 5.41) is 0. The van der Waals surface area contributed by atoms with E-state index in [-0.39, 0.29) is 24.1 Å². The number of hydrogen-bond donors (Lipinski definition) is 0. The van der Waals surface area contributed by atoms with E-state index in [1.165, 1.54) is 218 Å². The summed E-state index contributed by atoms with van der Waals surface area (Å²) >= 11 is 0. The molecule has 4 atom stereocenters. The minimum Gasteiger partial charge on any atom is -0.465 e. The normalized spacial score (nSPS) is 19.0. The molecule has 2 rings (SSSR count). The molecule has 0 bridgehead atoms. The van der Waals surface area contributed by atoms with Gasteiger partial charge in [-0.2, -0.15) is 0 Å². The third kappa shape index (κ3) is 28.9. The number of carbonyl (C=O) groups excluding carboxylic acids is 2. The van der Waals surface area contributed by atoms with Gasteiger partial charge in [-0.25, -0.2) is 0 Å². The SMILES string of the molecule is CCCCCCCCCCCCCCCCCCCCCOC(=O)C1CC2OC2CC1C(=O)OCCCCCCCCCCCCCCCCCCCCC. The van der Waals surface area contributed by atoms with E-state index in [0.29, 0.717) is 26.1 Å². The van der Waals surface area contributed by atoms with Crippen LogP contribution in [-0.2, 0) is 23.8 Å². The number of carbonyl (C=O) groups is 2. The summed E-state index contributed by atoms with van der Waals surface area (Å²) in [5.74, 6) is -1.27. The van der Waals surface area contributed by atoms with Gasteiger partial charge in [0, 0.05) is 0 Å². The highest BCUT2D eigenvalue weighted by Crippen LogP contribution is 2.44. The van der Waals surface area contributed by atoms with Gasteiger partial charge in [0.25, 0.3) is 0 Å². The van der Waals surface area contributed by atoms with Crippen molar-refractivity contribution in [3.8, 4) is 0 Å². The van der Waals surface area contributed by atoms with Crippen molar-refractivity contribution in [2.24, 2.45) is 11.8 Å². The first kappa shape index (κ1) is 50.0. The van der Waals surface area contributed by atoms with Crippen molar-refractivity contribution in [1.29, 1.82) is 0 Å². The molecule has 1 aliphatic heterocycles. The fourth-order valence-corrected chi connectivity index (χ4v) is 8.86. The van der Waals surface area contributed by atoms with Crippen molar-refractivity contribution < 1.29 is 23.8 Å².